The summed E-state index contributed by atoms with van der Waals surface area (Å²) in [6, 6.07) is 13.4. The Kier molecular flexibility index (Phi) is 19.0. The number of terminal acetylenes is 2. The second-order valence-corrected chi connectivity index (χ2v) is 4.97. The first kappa shape index (κ1) is 26.8. The van der Waals surface area contributed by atoms with Gasteiger partial charge in [-0.15, -0.1) is 25.3 Å². The minimum atomic E-state index is 0.108. The van der Waals surface area contributed by atoms with E-state index >= 15 is 0 Å². The highest BCUT2D eigenvalue weighted by Gasteiger charge is 1.85. The van der Waals surface area contributed by atoms with E-state index < -0.39 is 0 Å². The minimum Gasteiger partial charge on any atom is -0.508 e. The summed E-state index contributed by atoms with van der Waals surface area (Å²) in [7, 11) is 0. The first-order valence-electron chi connectivity index (χ1n) is 8.42. The number of phenols is 2. The van der Waals surface area contributed by atoms with Crippen LogP contribution < -0.4 is 0 Å². The summed E-state index contributed by atoms with van der Waals surface area (Å²) in [4.78, 5) is 0. The molecule has 0 saturated carbocycles. The molecule has 0 radical (unpaired) electrons. The number of aromatic hydroxyl groups is 2. The van der Waals surface area contributed by atoms with Crippen LogP contribution in [0.15, 0.2) is 67.8 Å². The molecule has 0 aromatic heterocycles. The van der Waals surface area contributed by atoms with Crippen molar-refractivity contribution in [2.24, 2.45) is 0 Å². The normalized spacial score (nSPS) is 8.00. The van der Waals surface area contributed by atoms with Crippen molar-refractivity contribution in [1.29, 1.82) is 0 Å². The van der Waals surface area contributed by atoms with Crippen LogP contribution in [0.25, 0.3) is 6.08 Å². The number of hydrogen-bond donors (Lipinski definition) is 4. The number of rotatable bonds is 4. The zero-order valence-corrected chi connectivity index (χ0v) is 16.0. The van der Waals surface area contributed by atoms with Crippen molar-refractivity contribution in [3.63, 3.8) is 0 Å². The summed E-state index contributed by atoms with van der Waals surface area (Å²) in [5, 5.41) is 33.5. The van der Waals surface area contributed by atoms with Crippen molar-refractivity contribution >= 4 is 6.08 Å². The molecule has 4 heteroatoms. The Morgan fingerprint density at radius 1 is 0.821 bits per heavy atom. The molecule has 2 aromatic rings. The summed E-state index contributed by atoms with van der Waals surface area (Å²) in [5.41, 5.74) is 1.81. The van der Waals surface area contributed by atoms with Crippen molar-refractivity contribution < 1.29 is 20.4 Å². The molecule has 0 saturated heterocycles. The molecule has 0 amide bonds. The van der Waals surface area contributed by atoms with E-state index in [2.05, 4.69) is 25.0 Å². The van der Waals surface area contributed by atoms with Crippen molar-refractivity contribution in [1.82, 2.24) is 0 Å². The maximum atomic E-state index is 8.82. The van der Waals surface area contributed by atoms with E-state index in [-0.39, 0.29) is 19.0 Å². The molecule has 0 bridgehead atoms. The maximum Gasteiger partial charge on any atom is 0.115 e. The average molecular weight is 380 g/mol. The molecule has 0 atom stereocenters. The number of phenolic OH excluding ortho intramolecular Hbond substituents is 2. The first-order valence-corrected chi connectivity index (χ1v) is 8.42. The maximum absolute atomic E-state index is 8.82. The highest BCUT2D eigenvalue weighted by atomic mass is 16.3. The van der Waals surface area contributed by atoms with Crippen LogP contribution in [0, 0.1) is 24.7 Å². The lowest BCUT2D eigenvalue weighted by molar-refractivity contribution is 0.302. The number of benzene rings is 2. The van der Waals surface area contributed by atoms with Gasteiger partial charge >= 0.3 is 0 Å². The molecule has 0 unspecified atom stereocenters. The monoisotopic (exact) mass is 380 g/mol. The van der Waals surface area contributed by atoms with Gasteiger partial charge in [0.2, 0.25) is 0 Å². The van der Waals surface area contributed by atoms with Crippen LogP contribution in [0.5, 0.6) is 11.5 Å². The average Bonchev–Trinajstić information content (AvgIpc) is 2.72. The lowest BCUT2D eigenvalue weighted by atomic mass is 10.2. The van der Waals surface area contributed by atoms with E-state index in [1.807, 2.05) is 12.1 Å². The highest BCUT2D eigenvalue weighted by molar-refractivity contribution is 5.47. The molecule has 148 valence electrons. The van der Waals surface area contributed by atoms with Gasteiger partial charge in [-0.05, 0) is 48.4 Å². The quantitative estimate of drug-likeness (QED) is 0.478. The van der Waals surface area contributed by atoms with Crippen LogP contribution in [0.3, 0.4) is 0 Å². The summed E-state index contributed by atoms with van der Waals surface area (Å²) in [5.74, 6) is 5.25. The third kappa shape index (κ3) is 17.4. The van der Waals surface area contributed by atoms with Crippen molar-refractivity contribution in [2.45, 2.75) is 12.8 Å². The predicted molar refractivity (Wildman–Crippen MR) is 117 cm³/mol. The van der Waals surface area contributed by atoms with Gasteiger partial charge in [-0.2, -0.15) is 0 Å². The Hall–Kier alpha value is -3.44. The molecule has 4 N–H and O–H groups in total. The Morgan fingerprint density at radius 2 is 1.32 bits per heavy atom. The molecule has 28 heavy (non-hydrogen) atoms. The Labute approximate surface area is 168 Å². The summed E-state index contributed by atoms with van der Waals surface area (Å²) >= 11 is 0. The van der Waals surface area contributed by atoms with Gasteiger partial charge in [-0.25, -0.2) is 0 Å². The molecular weight excluding hydrogens is 352 g/mol. The smallest absolute Gasteiger partial charge is 0.115 e. The van der Waals surface area contributed by atoms with Gasteiger partial charge in [0.05, 0.1) is 6.61 Å². The fourth-order valence-electron chi connectivity index (χ4n) is 1.32. The van der Waals surface area contributed by atoms with E-state index in [1.54, 1.807) is 48.6 Å². The summed E-state index contributed by atoms with van der Waals surface area (Å²) in [6.07, 6.45) is 14.4. The van der Waals surface area contributed by atoms with Gasteiger partial charge in [0.15, 0.2) is 0 Å². The predicted octanol–water partition coefficient (Wildman–Crippen LogP) is 3.97. The fourth-order valence-corrected chi connectivity index (χ4v) is 1.32. The third-order valence-electron chi connectivity index (χ3n) is 2.75. The molecule has 0 aliphatic carbocycles. The minimum absolute atomic E-state index is 0.108. The van der Waals surface area contributed by atoms with Crippen LogP contribution in [0.4, 0.5) is 0 Å². The van der Waals surface area contributed by atoms with Gasteiger partial charge < -0.3 is 20.4 Å². The van der Waals surface area contributed by atoms with Crippen molar-refractivity contribution in [3.8, 4) is 36.2 Å². The van der Waals surface area contributed by atoms with Crippen LogP contribution in [-0.2, 0) is 0 Å². The molecule has 2 aromatic carbocycles. The summed E-state index contributed by atoms with van der Waals surface area (Å²) in [6.45, 7) is 7.30. The van der Waals surface area contributed by atoms with E-state index in [9.17, 15) is 0 Å². The molecule has 4 nitrogen and oxygen atoms in total. The van der Waals surface area contributed by atoms with Gasteiger partial charge in [0, 0.05) is 18.6 Å². The topological polar surface area (TPSA) is 80.9 Å². The zero-order valence-electron chi connectivity index (χ0n) is 16.0. The molecular formula is C24H28O4. The third-order valence-corrected chi connectivity index (χ3v) is 2.75. The summed E-state index contributed by atoms with van der Waals surface area (Å²) < 4.78 is 0. The zero-order chi connectivity index (χ0) is 21.6. The Morgan fingerprint density at radius 3 is 1.57 bits per heavy atom. The van der Waals surface area contributed by atoms with Gasteiger partial charge in [-0.1, -0.05) is 36.8 Å². The van der Waals surface area contributed by atoms with Crippen LogP contribution in [0.2, 0.25) is 0 Å². The largest absolute Gasteiger partial charge is 0.508 e. The molecule has 0 heterocycles. The molecule has 0 aliphatic rings. The van der Waals surface area contributed by atoms with E-state index in [1.165, 1.54) is 0 Å². The second kappa shape index (κ2) is 19.9. The fraction of sp³-hybridized carbons (Fsp3) is 0.167. The lowest BCUT2D eigenvalue weighted by Gasteiger charge is -1.90. The highest BCUT2D eigenvalue weighted by Crippen LogP contribution is 2.09. The Balaban J connectivity index is 0. The van der Waals surface area contributed by atoms with Crippen LogP contribution >= 0.6 is 0 Å². The van der Waals surface area contributed by atoms with Gasteiger partial charge in [0.25, 0.3) is 0 Å². The SMILES string of the molecule is C#CCCO.C#Cc1ccc(O)cc1.C=CCCO.C=Cc1ccc(O)cc1. The molecule has 0 aliphatic heterocycles. The van der Waals surface area contributed by atoms with Crippen LogP contribution in [0.1, 0.15) is 24.0 Å². The van der Waals surface area contributed by atoms with Crippen molar-refractivity contribution in [2.75, 3.05) is 13.2 Å². The van der Waals surface area contributed by atoms with E-state index in [0.717, 1.165) is 11.1 Å². The van der Waals surface area contributed by atoms with E-state index in [4.69, 9.17) is 33.3 Å². The van der Waals surface area contributed by atoms with Crippen LogP contribution in [-0.4, -0.2) is 33.6 Å². The first-order chi connectivity index (χ1) is 13.5. The second-order valence-electron chi connectivity index (χ2n) is 4.97. The molecule has 0 fully saturated rings. The number of aliphatic hydroxyl groups is 2. The molecule has 0 spiro atoms. The Bertz CT molecular complexity index is 717. The lowest BCUT2D eigenvalue weighted by Crippen LogP contribution is -1.72. The number of hydrogen-bond acceptors (Lipinski definition) is 4. The van der Waals surface area contributed by atoms with Gasteiger partial charge in [-0.3, -0.25) is 0 Å². The van der Waals surface area contributed by atoms with E-state index in [0.29, 0.717) is 18.6 Å². The molecule has 2 rings (SSSR count). The van der Waals surface area contributed by atoms with Gasteiger partial charge in [0.1, 0.15) is 11.5 Å². The van der Waals surface area contributed by atoms with Crippen molar-refractivity contribution in [3.05, 3.63) is 78.9 Å². The number of aliphatic hydroxyl groups excluding tert-OH is 2. The standard InChI is InChI=1S/C8H8O.C8H6O.C4H8O.C4H6O/c2*1-2-7-3-5-8(9)6-4-7;2*1-2-3-4-5/h2-6,9H,1H2;1,3-6,9H;2,5H,1,3-4H2;1,5H,3-4H2.